The first-order valence-electron chi connectivity index (χ1n) is 6.33. The molecule has 0 amide bonds. The van der Waals surface area contributed by atoms with Crippen LogP contribution in [0.15, 0.2) is 27.8 Å². The largest absolute Gasteiger partial charge is 0.383 e. The molecule has 0 saturated carbocycles. The van der Waals surface area contributed by atoms with Crippen LogP contribution in [0, 0.1) is 0 Å². The van der Waals surface area contributed by atoms with Gasteiger partial charge in [-0.15, -0.1) is 12.4 Å². The average Bonchev–Trinajstić information content (AvgIpc) is 2.87. The molecule has 0 aliphatic carbocycles. The lowest BCUT2D eigenvalue weighted by molar-refractivity contribution is 0.122. The van der Waals surface area contributed by atoms with Gasteiger partial charge in [-0.2, -0.15) is 0 Å². The van der Waals surface area contributed by atoms with E-state index < -0.39 is 10.0 Å². The molecule has 1 aliphatic rings. The summed E-state index contributed by atoms with van der Waals surface area (Å²) in [6.45, 7) is 1.64. The Morgan fingerprint density at radius 1 is 1.52 bits per heavy atom. The van der Waals surface area contributed by atoms with E-state index in [1.165, 1.54) is 12.3 Å². The topological polar surface area (TPSA) is 80.3 Å². The van der Waals surface area contributed by atoms with Crippen LogP contribution in [0.3, 0.4) is 0 Å². The van der Waals surface area contributed by atoms with E-state index in [1.807, 2.05) is 0 Å². The Morgan fingerprint density at radius 2 is 2.29 bits per heavy atom. The van der Waals surface area contributed by atoms with Gasteiger partial charge >= 0.3 is 0 Å². The quantitative estimate of drug-likeness (QED) is 0.752. The van der Waals surface area contributed by atoms with Crippen molar-refractivity contribution in [1.82, 2.24) is 15.0 Å². The zero-order valence-corrected chi connectivity index (χ0v) is 14.9. The molecule has 0 spiro atoms. The summed E-state index contributed by atoms with van der Waals surface area (Å²) < 4.78 is 32.9. The Bertz CT molecular complexity index is 547. The van der Waals surface area contributed by atoms with Gasteiger partial charge in [-0.05, 0) is 47.4 Å². The minimum atomic E-state index is -3.60. The van der Waals surface area contributed by atoms with Crippen LogP contribution >= 0.6 is 28.3 Å². The second-order valence-corrected chi connectivity index (χ2v) is 7.51. The van der Waals surface area contributed by atoms with E-state index in [-0.39, 0.29) is 23.0 Å². The molecule has 1 aliphatic heterocycles. The third kappa shape index (κ3) is 4.87. The SMILES string of the molecule is COCC1(CNS(=O)(=O)c2ccc(Br)cn2)CCCN1.Cl. The zero-order chi connectivity index (χ0) is 14.6. The summed E-state index contributed by atoms with van der Waals surface area (Å²) in [7, 11) is -1.98. The van der Waals surface area contributed by atoms with E-state index >= 15 is 0 Å². The van der Waals surface area contributed by atoms with Crippen LogP contribution in [0.5, 0.6) is 0 Å². The van der Waals surface area contributed by atoms with Crippen molar-refractivity contribution >= 4 is 38.4 Å². The van der Waals surface area contributed by atoms with Crippen LogP contribution in [0.2, 0.25) is 0 Å². The molecule has 2 N–H and O–H groups in total. The van der Waals surface area contributed by atoms with Crippen LogP contribution in [-0.4, -0.2) is 45.7 Å². The number of hydrogen-bond donors (Lipinski definition) is 2. The van der Waals surface area contributed by atoms with Gasteiger partial charge in [-0.3, -0.25) is 0 Å². The molecule has 0 bridgehead atoms. The molecule has 1 saturated heterocycles. The standard InChI is InChI=1S/C12H18BrN3O3S.ClH/c1-19-9-12(5-2-6-15-12)8-16-20(17,18)11-4-3-10(13)7-14-11;/h3-4,7,15-16H,2,5-6,8-9H2,1H3;1H. The van der Waals surface area contributed by atoms with Crippen molar-refractivity contribution in [3.8, 4) is 0 Å². The third-order valence-corrected chi connectivity index (χ3v) is 5.11. The van der Waals surface area contributed by atoms with E-state index in [4.69, 9.17) is 4.74 Å². The van der Waals surface area contributed by atoms with Crippen molar-refractivity contribution in [3.63, 3.8) is 0 Å². The molecule has 1 aromatic rings. The lowest BCUT2D eigenvalue weighted by atomic mass is 9.99. The van der Waals surface area contributed by atoms with Gasteiger partial charge in [0.05, 0.1) is 12.1 Å². The smallest absolute Gasteiger partial charge is 0.258 e. The van der Waals surface area contributed by atoms with Gasteiger partial charge in [0.1, 0.15) is 0 Å². The van der Waals surface area contributed by atoms with Gasteiger partial charge in [-0.1, -0.05) is 0 Å². The van der Waals surface area contributed by atoms with Crippen molar-refractivity contribution in [2.45, 2.75) is 23.4 Å². The Labute approximate surface area is 139 Å². The lowest BCUT2D eigenvalue weighted by Gasteiger charge is -2.28. The molecule has 0 aromatic carbocycles. The number of nitrogens with zero attached hydrogens (tertiary/aromatic N) is 1. The van der Waals surface area contributed by atoms with Crippen LogP contribution < -0.4 is 10.0 Å². The third-order valence-electron chi connectivity index (χ3n) is 3.33. The van der Waals surface area contributed by atoms with Crippen molar-refractivity contribution in [3.05, 3.63) is 22.8 Å². The number of aromatic nitrogens is 1. The Hall–Kier alpha value is -0.250. The van der Waals surface area contributed by atoms with Gasteiger partial charge in [0.15, 0.2) is 5.03 Å². The molecule has 2 rings (SSSR count). The first kappa shape index (κ1) is 18.8. The average molecular weight is 401 g/mol. The molecule has 21 heavy (non-hydrogen) atoms. The number of sulfonamides is 1. The molecular weight excluding hydrogens is 382 g/mol. The molecule has 2 heterocycles. The normalized spacial score (nSPS) is 22.0. The molecule has 6 nitrogen and oxygen atoms in total. The van der Waals surface area contributed by atoms with E-state index in [2.05, 4.69) is 31.0 Å². The predicted octanol–water partition coefficient (Wildman–Crippen LogP) is 1.31. The highest BCUT2D eigenvalue weighted by atomic mass is 79.9. The number of rotatable bonds is 6. The molecule has 1 unspecified atom stereocenters. The van der Waals surface area contributed by atoms with Crippen LogP contribution in [0.4, 0.5) is 0 Å². The molecule has 9 heteroatoms. The predicted molar refractivity (Wildman–Crippen MR) is 86.2 cm³/mol. The van der Waals surface area contributed by atoms with E-state index in [1.54, 1.807) is 13.2 Å². The molecule has 1 atom stereocenters. The minimum absolute atomic E-state index is 0. The number of methoxy groups -OCH3 is 1. The second kappa shape index (κ2) is 7.85. The first-order valence-corrected chi connectivity index (χ1v) is 8.60. The fourth-order valence-electron chi connectivity index (χ4n) is 2.30. The summed E-state index contributed by atoms with van der Waals surface area (Å²) in [5.74, 6) is 0. The molecular formula is C12H19BrClN3O3S. The summed E-state index contributed by atoms with van der Waals surface area (Å²) >= 11 is 3.23. The maximum absolute atomic E-state index is 12.2. The maximum Gasteiger partial charge on any atom is 0.258 e. The van der Waals surface area contributed by atoms with Gasteiger partial charge in [0, 0.05) is 24.3 Å². The van der Waals surface area contributed by atoms with E-state index in [0.29, 0.717) is 13.2 Å². The highest BCUT2D eigenvalue weighted by Crippen LogP contribution is 2.20. The minimum Gasteiger partial charge on any atom is -0.383 e. The maximum atomic E-state index is 12.2. The van der Waals surface area contributed by atoms with Crippen molar-refractivity contribution < 1.29 is 13.2 Å². The highest BCUT2D eigenvalue weighted by Gasteiger charge is 2.34. The first-order chi connectivity index (χ1) is 9.47. The zero-order valence-electron chi connectivity index (χ0n) is 11.6. The number of pyridine rings is 1. The summed E-state index contributed by atoms with van der Waals surface area (Å²) in [6.07, 6.45) is 3.37. The molecule has 1 fully saturated rings. The number of nitrogens with one attached hydrogen (secondary N) is 2. The Morgan fingerprint density at radius 3 is 2.81 bits per heavy atom. The fraction of sp³-hybridized carbons (Fsp3) is 0.583. The number of hydrogen-bond acceptors (Lipinski definition) is 5. The highest BCUT2D eigenvalue weighted by molar-refractivity contribution is 9.10. The van der Waals surface area contributed by atoms with Crippen molar-refractivity contribution in [2.24, 2.45) is 0 Å². The monoisotopic (exact) mass is 399 g/mol. The molecule has 1 aromatic heterocycles. The fourth-order valence-corrected chi connectivity index (χ4v) is 3.59. The Kier molecular flexibility index (Phi) is 7.02. The second-order valence-electron chi connectivity index (χ2n) is 4.88. The van der Waals surface area contributed by atoms with Crippen LogP contribution in [0.25, 0.3) is 0 Å². The van der Waals surface area contributed by atoms with Gasteiger partial charge < -0.3 is 10.1 Å². The van der Waals surface area contributed by atoms with Crippen LogP contribution in [-0.2, 0) is 14.8 Å². The molecule has 120 valence electrons. The van der Waals surface area contributed by atoms with Gasteiger partial charge in [-0.25, -0.2) is 18.1 Å². The summed E-state index contributed by atoms with van der Waals surface area (Å²) in [5.41, 5.74) is -0.322. The van der Waals surface area contributed by atoms with Gasteiger partial charge in [0.2, 0.25) is 0 Å². The molecule has 0 radical (unpaired) electrons. The Balaban J connectivity index is 0.00000220. The number of ether oxygens (including phenoxy) is 1. The summed E-state index contributed by atoms with van der Waals surface area (Å²) in [6, 6.07) is 3.12. The van der Waals surface area contributed by atoms with Crippen molar-refractivity contribution in [1.29, 1.82) is 0 Å². The number of halogens is 2. The van der Waals surface area contributed by atoms with Crippen LogP contribution in [0.1, 0.15) is 12.8 Å². The lowest BCUT2D eigenvalue weighted by Crippen LogP contribution is -2.52. The van der Waals surface area contributed by atoms with Gasteiger partial charge in [0.25, 0.3) is 10.0 Å². The summed E-state index contributed by atoms with van der Waals surface area (Å²) in [5, 5.41) is 3.34. The van der Waals surface area contributed by atoms with Crippen molar-refractivity contribution in [2.75, 3.05) is 26.8 Å². The van der Waals surface area contributed by atoms with E-state index in [9.17, 15) is 8.42 Å². The van der Waals surface area contributed by atoms with E-state index in [0.717, 1.165) is 23.9 Å². The summed E-state index contributed by atoms with van der Waals surface area (Å²) in [4.78, 5) is 3.91.